The maximum atomic E-state index is 6.44. The zero-order chi connectivity index (χ0) is 14.9. The average molecular weight is 306 g/mol. The summed E-state index contributed by atoms with van der Waals surface area (Å²) < 4.78 is 2.33. The van der Waals surface area contributed by atoms with Crippen molar-refractivity contribution in [3.8, 4) is 0 Å². The molecule has 1 aliphatic heterocycles. The number of halogens is 1. The monoisotopic (exact) mass is 305 g/mol. The molecular weight excluding hydrogens is 282 g/mol. The van der Waals surface area contributed by atoms with Crippen LogP contribution in [-0.4, -0.2) is 22.6 Å². The lowest BCUT2D eigenvalue weighted by Gasteiger charge is -2.37. The van der Waals surface area contributed by atoms with Gasteiger partial charge in [-0.15, -0.1) is 0 Å². The highest BCUT2D eigenvalue weighted by molar-refractivity contribution is 6.35. The standard InChI is InChI=1S/C17H24ClN3/c1-3-9-17(10-6-11-19-12-17)16-20-14-8-5-7-13(18)15(14)21(16)4-2/h5,7-8,19H,3-4,6,9-12H2,1-2H3. The molecule has 0 spiro atoms. The number of piperidine rings is 1. The first-order valence-electron chi connectivity index (χ1n) is 8.08. The second-order valence-electron chi connectivity index (χ2n) is 6.10. The quantitative estimate of drug-likeness (QED) is 0.920. The summed E-state index contributed by atoms with van der Waals surface area (Å²) in [5.74, 6) is 1.22. The second-order valence-corrected chi connectivity index (χ2v) is 6.51. The van der Waals surface area contributed by atoms with Gasteiger partial charge in [0.25, 0.3) is 0 Å². The van der Waals surface area contributed by atoms with Crippen molar-refractivity contribution in [3.63, 3.8) is 0 Å². The summed E-state index contributed by atoms with van der Waals surface area (Å²) in [4.78, 5) is 5.00. The third-order valence-corrected chi connectivity index (χ3v) is 5.01. The summed E-state index contributed by atoms with van der Waals surface area (Å²) in [6.45, 7) is 7.52. The van der Waals surface area contributed by atoms with Crippen LogP contribution >= 0.6 is 11.6 Å². The van der Waals surface area contributed by atoms with Gasteiger partial charge in [-0.05, 0) is 44.9 Å². The first-order chi connectivity index (χ1) is 10.2. The van der Waals surface area contributed by atoms with Gasteiger partial charge in [-0.25, -0.2) is 4.98 Å². The van der Waals surface area contributed by atoms with Crippen molar-refractivity contribution in [3.05, 3.63) is 29.0 Å². The first kappa shape index (κ1) is 14.9. The van der Waals surface area contributed by atoms with Crippen LogP contribution in [0.3, 0.4) is 0 Å². The summed E-state index contributed by atoms with van der Waals surface area (Å²) >= 11 is 6.44. The van der Waals surface area contributed by atoms with Crippen molar-refractivity contribution in [1.29, 1.82) is 0 Å². The van der Waals surface area contributed by atoms with Gasteiger partial charge in [0.15, 0.2) is 0 Å². The predicted molar refractivity (Wildman–Crippen MR) is 89.1 cm³/mol. The van der Waals surface area contributed by atoms with E-state index in [1.165, 1.54) is 31.5 Å². The summed E-state index contributed by atoms with van der Waals surface area (Å²) in [5.41, 5.74) is 2.28. The molecule has 0 bridgehead atoms. The fourth-order valence-electron chi connectivity index (χ4n) is 3.82. The highest BCUT2D eigenvalue weighted by Gasteiger charge is 2.37. The fourth-order valence-corrected chi connectivity index (χ4v) is 4.09. The first-order valence-corrected chi connectivity index (χ1v) is 8.45. The van der Waals surface area contributed by atoms with E-state index in [1.54, 1.807) is 0 Å². The molecule has 0 aliphatic carbocycles. The van der Waals surface area contributed by atoms with E-state index in [4.69, 9.17) is 16.6 Å². The van der Waals surface area contributed by atoms with Crippen LogP contribution in [0.1, 0.15) is 45.4 Å². The van der Waals surface area contributed by atoms with E-state index in [1.807, 2.05) is 12.1 Å². The molecule has 1 atom stereocenters. The molecule has 3 rings (SSSR count). The molecule has 1 unspecified atom stereocenters. The van der Waals surface area contributed by atoms with Gasteiger partial charge in [-0.3, -0.25) is 0 Å². The molecule has 0 radical (unpaired) electrons. The summed E-state index contributed by atoms with van der Waals surface area (Å²) in [6.07, 6.45) is 4.80. The molecular formula is C17H24ClN3. The number of nitrogens with one attached hydrogen (secondary N) is 1. The largest absolute Gasteiger partial charge is 0.327 e. The number of para-hydroxylation sites is 1. The van der Waals surface area contributed by atoms with E-state index < -0.39 is 0 Å². The van der Waals surface area contributed by atoms with Gasteiger partial charge in [0.05, 0.1) is 16.1 Å². The number of aryl methyl sites for hydroxylation is 1. The number of hydrogen-bond acceptors (Lipinski definition) is 2. The van der Waals surface area contributed by atoms with Crippen LogP contribution in [0.2, 0.25) is 5.02 Å². The van der Waals surface area contributed by atoms with Gasteiger partial charge < -0.3 is 9.88 Å². The van der Waals surface area contributed by atoms with Crippen LogP contribution in [0.25, 0.3) is 11.0 Å². The molecule has 1 saturated heterocycles. The molecule has 114 valence electrons. The van der Waals surface area contributed by atoms with E-state index >= 15 is 0 Å². The number of benzene rings is 1. The van der Waals surface area contributed by atoms with Crippen molar-refractivity contribution < 1.29 is 0 Å². The van der Waals surface area contributed by atoms with Crippen LogP contribution in [0, 0.1) is 0 Å². The summed E-state index contributed by atoms with van der Waals surface area (Å²) in [7, 11) is 0. The van der Waals surface area contributed by atoms with Crippen molar-refractivity contribution in [2.75, 3.05) is 13.1 Å². The minimum Gasteiger partial charge on any atom is -0.327 e. The smallest absolute Gasteiger partial charge is 0.117 e. The predicted octanol–water partition coefficient (Wildman–Crippen LogP) is 4.13. The van der Waals surface area contributed by atoms with E-state index in [-0.39, 0.29) is 5.41 Å². The number of hydrogen-bond donors (Lipinski definition) is 1. The Morgan fingerprint density at radius 3 is 2.90 bits per heavy atom. The zero-order valence-electron chi connectivity index (χ0n) is 13.0. The summed E-state index contributed by atoms with van der Waals surface area (Å²) in [5, 5.41) is 4.39. The van der Waals surface area contributed by atoms with Gasteiger partial charge in [-0.1, -0.05) is 31.0 Å². The normalized spacial score (nSPS) is 22.8. The lowest BCUT2D eigenvalue weighted by molar-refractivity contribution is 0.269. The maximum absolute atomic E-state index is 6.44. The molecule has 1 fully saturated rings. The minimum absolute atomic E-state index is 0.158. The van der Waals surface area contributed by atoms with E-state index in [9.17, 15) is 0 Å². The summed E-state index contributed by atoms with van der Waals surface area (Å²) in [6, 6.07) is 6.03. The molecule has 2 aromatic rings. The maximum Gasteiger partial charge on any atom is 0.117 e. The molecule has 4 heteroatoms. The Labute approximate surface area is 131 Å². The molecule has 1 aromatic heterocycles. The Hall–Kier alpha value is -1.06. The minimum atomic E-state index is 0.158. The molecule has 1 aliphatic rings. The number of rotatable bonds is 4. The van der Waals surface area contributed by atoms with Crippen LogP contribution < -0.4 is 5.32 Å². The highest BCUT2D eigenvalue weighted by atomic mass is 35.5. The van der Waals surface area contributed by atoms with Crippen LogP contribution in [0.4, 0.5) is 0 Å². The fraction of sp³-hybridized carbons (Fsp3) is 0.588. The number of imidazole rings is 1. The highest BCUT2D eigenvalue weighted by Crippen LogP contribution is 2.38. The topological polar surface area (TPSA) is 29.9 Å². The van der Waals surface area contributed by atoms with E-state index in [0.717, 1.165) is 35.7 Å². The molecule has 1 N–H and O–H groups in total. The molecule has 2 heterocycles. The average Bonchev–Trinajstić information content (AvgIpc) is 2.89. The van der Waals surface area contributed by atoms with Crippen LogP contribution in [-0.2, 0) is 12.0 Å². The number of fused-ring (bicyclic) bond motifs is 1. The lowest BCUT2D eigenvalue weighted by Crippen LogP contribution is -2.45. The van der Waals surface area contributed by atoms with Gasteiger partial charge in [0, 0.05) is 18.5 Å². The van der Waals surface area contributed by atoms with Gasteiger partial charge in [0.2, 0.25) is 0 Å². The van der Waals surface area contributed by atoms with Crippen LogP contribution in [0.15, 0.2) is 18.2 Å². The third kappa shape index (κ3) is 2.47. The number of aromatic nitrogens is 2. The molecule has 0 saturated carbocycles. The van der Waals surface area contributed by atoms with Crippen molar-refractivity contribution >= 4 is 22.6 Å². The Bertz CT molecular complexity index is 621. The van der Waals surface area contributed by atoms with E-state index in [0.29, 0.717) is 0 Å². The lowest BCUT2D eigenvalue weighted by atomic mass is 9.76. The SMILES string of the molecule is CCCC1(c2nc3cccc(Cl)c3n2CC)CCCNC1. The van der Waals surface area contributed by atoms with Crippen LogP contribution in [0.5, 0.6) is 0 Å². The Balaban J connectivity index is 2.19. The molecule has 0 amide bonds. The van der Waals surface area contributed by atoms with Crippen molar-refractivity contribution in [1.82, 2.24) is 14.9 Å². The second kappa shape index (κ2) is 5.98. The Morgan fingerprint density at radius 2 is 2.24 bits per heavy atom. The molecule has 21 heavy (non-hydrogen) atoms. The van der Waals surface area contributed by atoms with Crippen molar-refractivity contribution in [2.45, 2.75) is 51.5 Å². The zero-order valence-corrected chi connectivity index (χ0v) is 13.7. The van der Waals surface area contributed by atoms with Gasteiger partial charge in [0.1, 0.15) is 5.82 Å². The molecule has 1 aromatic carbocycles. The van der Waals surface area contributed by atoms with Gasteiger partial charge >= 0.3 is 0 Å². The van der Waals surface area contributed by atoms with Crippen molar-refractivity contribution in [2.24, 2.45) is 0 Å². The Morgan fingerprint density at radius 1 is 1.38 bits per heavy atom. The van der Waals surface area contributed by atoms with Gasteiger partial charge in [-0.2, -0.15) is 0 Å². The van der Waals surface area contributed by atoms with E-state index in [2.05, 4.69) is 29.8 Å². The molecule has 3 nitrogen and oxygen atoms in total. The Kier molecular flexibility index (Phi) is 4.23. The number of nitrogens with zero attached hydrogens (tertiary/aromatic N) is 2. The third-order valence-electron chi connectivity index (χ3n) is 4.71.